The maximum atomic E-state index is 12.4. The third-order valence-corrected chi connectivity index (χ3v) is 2.95. The zero-order valence-electron chi connectivity index (χ0n) is 12.0. The number of anilines is 1. The van der Waals surface area contributed by atoms with E-state index in [1.54, 1.807) is 17.0 Å². The Balaban J connectivity index is 3.15. The van der Waals surface area contributed by atoms with Gasteiger partial charge in [-0.05, 0) is 19.4 Å². The van der Waals surface area contributed by atoms with Crippen molar-refractivity contribution < 1.29 is 14.3 Å². The van der Waals surface area contributed by atoms with Gasteiger partial charge in [-0.15, -0.1) is 0 Å². The van der Waals surface area contributed by atoms with E-state index in [9.17, 15) is 4.79 Å². The average Bonchev–Trinajstić information content (AvgIpc) is 2.43. The maximum absolute atomic E-state index is 12.4. The number of hydrogen-bond donors (Lipinski definition) is 1. The van der Waals surface area contributed by atoms with Gasteiger partial charge in [-0.2, -0.15) is 0 Å². The first-order chi connectivity index (χ1) is 9.08. The molecule has 0 heterocycles. The Labute approximate surface area is 114 Å². The Kier molecular flexibility index (Phi) is 5.48. The average molecular weight is 266 g/mol. The third-order valence-electron chi connectivity index (χ3n) is 2.95. The van der Waals surface area contributed by atoms with Crippen molar-refractivity contribution in [2.75, 3.05) is 33.0 Å². The molecule has 0 spiro atoms. The highest BCUT2D eigenvalue weighted by atomic mass is 16.5. The minimum absolute atomic E-state index is 0.0807. The minimum Gasteiger partial charge on any atom is -0.493 e. The van der Waals surface area contributed by atoms with Gasteiger partial charge in [0.15, 0.2) is 11.5 Å². The lowest BCUT2D eigenvalue weighted by Crippen LogP contribution is -2.32. The second-order valence-electron chi connectivity index (χ2n) is 4.18. The van der Waals surface area contributed by atoms with E-state index in [1.165, 1.54) is 14.2 Å². The van der Waals surface area contributed by atoms with Gasteiger partial charge in [0.1, 0.15) is 0 Å². The molecule has 1 amide bonds. The second kappa shape index (κ2) is 6.87. The minimum atomic E-state index is -0.0807. The number of hydrogen-bond acceptors (Lipinski definition) is 4. The number of carbonyl (C=O) groups excluding carboxylic acids is 1. The summed E-state index contributed by atoms with van der Waals surface area (Å²) >= 11 is 0. The lowest BCUT2D eigenvalue weighted by Gasteiger charge is -2.21. The van der Waals surface area contributed by atoms with Crippen LogP contribution in [-0.4, -0.2) is 38.1 Å². The first-order valence-electron chi connectivity index (χ1n) is 6.39. The van der Waals surface area contributed by atoms with Gasteiger partial charge in [0.05, 0.1) is 19.8 Å². The van der Waals surface area contributed by atoms with E-state index >= 15 is 0 Å². The first-order valence-corrected chi connectivity index (χ1v) is 6.39. The Morgan fingerprint density at radius 3 is 2.26 bits per heavy atom. The highest BCUT2D eigenvalue weighted by Gasteiger charge is 2.19. The fourth-order valence-corrected chi connectivity index (χ4v) is 1.92. The molecule has 0 atom stereocenters. The van der Waals surface area contributed by atoms with Crippen LogP contribution in [0.1, 0.15) is 30.6 Å². The van der Waals surface area contributed by atoms with Crippen LogP contribution in [0.3, 0.4) is 0 Å². The zero-order chi connectivity index (χ0) is 14.4. The number of nitrogens with two attached hydrogens (primary N) is 1. The lowest BCUT2D eigenvalue weighted by molar-refractivity contribution is 0.0765. The highest BCUT2D eigenvalue weighted by Crippen LogP contribution is 2.32. The van der Waals surface area contributed by atoms with E-state index in [0.717, 1.165) is 6.42 Å². The van der Waals surface area contributed by atoms with E-state index in [2.05, 4.69) is 0 Å². The van der Waals surface area contributed by atoms with Crippen LogP contribution >= 0.6 is 0 Å². The van der Waals surface area contributed by atoms with Crippen LogP contribution < -0.4 is 15.2 Å². The van der Waals surface area contributed by atoms with Crippen molar-refractivity contribution in [3.05, 3.63) is 17.7 Å². The summed E-state index contributed by atoms with van der Waals surface area (Å²) in [6, 6.07) is 3.25. The second-order valence-corrected chi connectivity index (χ2v) is 4.18. The van der Waals surface area contributed by atoms with E-state index in [1.807, 2.05) is 13.8 Å². The molecule has 2 N–H and O–H groups in total. The number of amides is 1. The number of benzene rings is 1. The molecule has 0 aliphatic heterocycles. The van der Waals surface area contributed by atoms with Gasteiger partial charge in [0.25, 0.3) is 5.91 Å². The Morgan fingerprint density at radius 2 is 1.79 bits per heavy atom. The molecule has 19 heavy (non-hydrogen) atoms. The van der Waals surface area contributed by atoms with Crippen molar-refractivity contribution in [3.63, 3.8) is 0 Å². The van der Waals surface area contributed by atoms with E-state index in [-0.39, 0.29) is 5.91 Å². The van der Waals surface area contributed by atoms with Crippen LogP contribution in [0.25, 0.3) is 0 Å². The normalized spacial score (nSPS) is 10.1. The largest absolute Gasteiger partial charge is 0.493 e. The van der Waals surface area contributed by atoms with Crippen LogP contribution in [-0.2, 0) is 0 Å². The van der Waals surface area contributed by atoms with Crippen molar-refractivity contribution in [1.29, 1.82) is 0 Å². The smallest absolute Gasteiger partial charge is 0.256 e. The highest BCUT2D eigenvalue weighted by molar-refractivity contribution is 6.00. The summed E-state index contributed by atoms with van der Waals surface area (Å²) in [6.07, 6.45) is 0.909. The van der Waals surface area contributed by atoms with Crippen LogP contribution in [0.2, 0.25) is 0 Å². The predicted molar refractivity (Wildman–Crippen MR) is 75.8 cm³/mol. The van der Waals surface area contributed by atoms with E-state index in [0.29, 0.717) is 35.8 Å². The van der Waals surface area contributed by atoms with Crippen LogP contribution in [0.4, 0.5) is 5.69 Å². The van der Waals surface area contributed by atoms with Gasteiger partial charge in [0.2, 0.25) is 0 Å². The van der Waals surface area contributed by atoms with Gasteiger partial charge >= 0.3 is 0 Å². The van der Waals surface area contributed by atoms with Gasteiger partial charge in [-0.1, -0.05) is 6.92 Å². The van der Waals surface area contributed by atoms with Crippen molar-refractivity contribution in [1.82, 2.24) is 4.90 Å². The Bertz CT molecular complexity index is 447. The van der Waals surface area contributed by atoms with Crippen molar-refractivity contribution >= 4 is 11.6 Å². The molecular weight excluding hydrogens is 244 g/mol. The fourth-order valence-electron chi connectivity index (χ4n) is 1.92. The summed E-state index contributed by atoms with van der Waals surface area (Å²) in [6.45, 7) is 5.35. The van der Waals surface area contributed by atoms with Crippen molar-refractivity contribution in [2.24, 2.45) is 0 Å². The molecule has 0 saturated heterocycles. The molecule has 0 radical (unpaired) electrons. The molecule has 0 aliphatic rings. The molecule has 0 fully saturated rings. The summed E-state index contributed by atoms with van der Waals surface area (Å²) in [7, 11) is 3.07. The quantitative estimate of drug-likeness (QED) is 0.801. The fraction of sp³-hybridized carbons (Fsp3) is 0.500. The number of nitrogens with zero attached hydrogens (tertiary/aromatic N) is 1. The van der Waals surface area contributed by atoms with Gasteiger partial charge in [0, 0.05) is 24.8 Å². The SMILES string of the molecule is CCCN(CC)C(=O)c1cc(OC)c(OC)cc1N. The molecule has 0 unspecified atom stereocenters. The molecule has 5 heteroatoms. The van der Waals surface area contributed by atoms with E-state index in [4.69, 9.17) is 15.2 Å². The molecule has 0 aliphatic carbocycles. The maximum Gasteiger partial charge on any atom is 0.256 e. The van der Waals surface area contributed by atoms with Crippen LogP contribution in [0, 0.1) is 0 Å². The zero-order valence-corrected chi connectivity index (χ0v) is 12.0. The number of carbonyl (C=O) groups is 1. The predicted octanol–water partition coefficient (Wildman–Crippen LogP) is 2.16. The number of ether oxygens (including phenoxy) is 2. The molecule has 0 saturated carbocycles. The first kappa shape index (κ1) is 15.1. The molecule has 5 nitrogen and oxygen atoms in total. The van der Waals surface area contributed by atoms with E-state index < -0.39 is 0 Å². The third kappa shape index (κ3) is 3.30. The molecule has 1 aromatic carbocycles. The number of methoxy groups -OCH3 is 2. The lowest BCUT2D eigenvalue weighted by atomic mass is 10.1. The summed E-state index contributed by atoms with van der Waals surface area (Å²) < 4.78 is 10.4. The number of nitrogen functional groups attached to an aromatic ring is 1. The molecule has 1 aromatic rings. The van der Waals surface area contributed by atoms with Crippen molar-refractivity contribution in [3.8, 4) is 11.5 Å². The molecular formula is C14H22N2O3. The molecule has 0 bridgehead atoms. The summed E-state index contributed by atoms with van der Waals surface area (Å²) in [5, 5.41) is 0. The molecule has 0 aromatic heterocycles. The Morgan fingerprint density at radius 1 is 1.21 bits per heavy atom. The standard InChI is InChI=1S/C14H22N2O3/c1-5-7-16(6-2)14(17)10-8-12(18-3)13(19-4)9-11(10)15/h8-9H,5-7,15H2,1-4H3. The van der Waals surface area contributed by atoms with Crippen LogP contribution in [0.5, 0.6) is 11.5 Å². The molecule has 106 valence electrons. The van der Waals surface area contributed by atoms with Gasteiger partial charge in [-0.3, -0.25) is 4.79 Å². The van der Waals surface area contributed by atoms with Crippen LogP contribution in [0.15, 0.2) is 12.1 Å². The molecule has 1 rings (SSSR count). The summed E-state index contributed by atoms with van der Waals surface area (Å²) in [5.41, 5.74) is 6.78. The Hall–Kier alpha value is -1.91. The van der Waals surface area contributed by atoms with Gasteiger partial charge < -0.3 is 20.1 Å². The summed E-state index contributed by atoms with van der Waals surface area (Å²) in [5.74, 6) is 0.950. The summed E-state index contributed by atoms with van der Waals surface area (Å²) in [4.78, 5) is 14.2. The van der Waals surface area contributed by atoms with Gasteiger partial charge in [-0.25, -0.2) is 0 Å². The van der Waals surface area contributed by atoms with Crippen molar-refractivity contribution in [2.45, 2.75) is 20.3 Å². The number of rotatable bonds is 6. The monoisotopic (exact) mass is 266 g/mol. The topological polar surface area (TPSA) is 64.8 Å².